The molecule has 2 fully saturated rings. The summed E-state index contributed by atoms with van der Waals surface area (Å²) in [5.41, 5.74) is 4.60. The minimum atomic E-state index is -4.54. The van der Waals surface area contributed by atoms with Crippen LogP contribution >= 0.6 is 0 Å². The molecule has 0 aromatic carbocycles. The van der Waals surface area contributed by atoms with Crippen molar-refractivity contribution in [2.45, 2.75) is 50.9 Å². The molecule has 1 spiro atoms. The van der Waals surface area contributed by atoms with Crippen LogP contribution in [0.5, 0.6) is 0 Å². The Morgan fingerprint density at radius 2 is 2.14 bits per heavy atom. The van der Waals surface area contributed by atoms with Gasteiger partial charge >= 0.3 is 6.18 Å². The third-order valence-electron chi connectivity index (χ3n) is 5.02. The van der Waals surface area contributed by atoms with Crippen molar-refractivity contribution in [2.24, 2.45) is 11.1 Å². The van der Waals surface area contributed by atoms with Crippen molar-refractivity contribution in [2.75, 3.05) is 0 Å². The summed E-state index contributed by atoms with van der Waals surface area (Å²) in [5, 5.41) is 8.21. The first-order valence-electron chi connectivity index (χ1n) is 6.94. The van der Waals surface area contributed by atoms with E-state index in [1.807, 2.05) is 5.10 Å². The molecule has 0 radical (unpaired) electrons. The third-order valence-corrected chi connectivity index (χ3v) is 5.02. The van der Waals surface area contributed by atoms with E-state index in [1.165, 1.54) is 6.92 Å². The van der Waals surface area contributed by atoms with Crippen molar-refractivity contribution in [3.63, 3.8) is 0 Å². The molecule has 116 valence electrons. The molecule has 1 amide bonds. The summed E-state index contributed by atoms with van der Waals surface area (Å²) in [6, 6.07) is 0.0155. The Hall–Kier alpha value is -1.57. The Bertz CT molecular complexity index is 576. The SMILES string of the molecule is Cc1c(C(=O)NC2CC(N)C23CCC3)n[nH]c1C(F)(F)F. The van der Waals surface area contributed by atoms with E-state index in [0.717, 1.165) is 19.3 Å². The van der Waals surface area contributed by atoms with Gasteiger partial charge in [-0.15, -0.1) is 0 Å². The monoisotopic (exact) mass is 302 g/mol. The van der Waals surface area contributed by atoms with Gasteiger partial charge in [-0.05, 0) is 26.2 Å². The van der Waals surface area contributed by atoms with Gasteiger partial charge in [0.15, 0.2) is 5.69 Å². The fourth-order valence-corrected chi connectivity index (χ4v) is 3.45. The molecule has 2 atom stereocenters. The Morgan fingerprint density at radius 1 is 1.48 bits per heavy atom. The highest BCUT2D eigenvalue weighted by Crippen LogP contribution is 2.55. The summed E-state index contributed by atoms with van der Waals surface area (Å²) < 4.78 is 38.1. The normalized spacial score (nSPS) is 27.1. The molecule has 1 aromatic rings. The maximum atomic E-state index is 12.7. The first-order chi connectivity index (χ1) is 9.75. The maximum absolute atomic E-state index is 12.7. The molecule has 2 saturated carbocycles. The molecular weight excluding hydrogens is 285 g/mol. The number of nitrogens with zero attached hydrogens (tertiary/aromatic N) is 1. The number of aromatic nitrogens is 2. The van der Waals surface area contributed by atoms with E-state index in [1.54, 1.807) is 0 Å². The lowest BCUT2D eigenvalue weighted by molar-refractivity contribution is -0.141. The van der Waals surface area contributed by atoms with E-state index in [2.05, 4.69) is 10.4 Å². The highest BCUT2D eigenvalue weighted by molar-refractivity contribution is 5.94. The molecule has 2 aliphatic carbocycles. The topological polar surface area (TPSA) is 83.8 Å². The van der Waals surface area contributed by atoms with Crippen LogP contribution in [0.4, 0.5) is 13.2 Å². The van der Waals surface area contributed by atoms with Crippen LogP contribution in [0, 0.1) is 12.3 Å². The van der Waals surface area contributed by atoms with Gasteiger partial charge in [-0.25, -0.2) is 0 Å². The van der Waals surface area contributed by atoms with Crippen molar-refractivity contribution >= 4 is 5.91 Å². The Balaban J connectivity index is 1.74. The number of H-pyrrole nitrogens is 1. The van der Waals surface area contributed by atoms with Gasteiger partial charge in [0.05, 0.1) is 0 Å². The van der Waals surface area contributed by atoms with Gasteiger partial charge in [-0.2, -0.15) is 18.3 Å². The number of hydrogen-bond acceptors (Lipinski definition) is 3. The van der Waals surface area contributed by atoms with E-state index in [-0.39, 0.29) is 28.8 Å². The number of amides is 1. The molecule has 4 N–H and O–H groups in total. The van der Waals surface area contributed by atoms with Gasteiger partial charge in [0.25, 0.3) is 5.91 Å². The third kappa shape index (κ3) is 2.04. The van der Waals surface area contributed by atoms with Crippen LogP contribution in [0.3, 0.4) is 0 Å². The Labute approximate surface area is 119 Å². The molecular formula is C13H17F3N4O. The molecule has 2 unspecified atom stereocenters. The summed E-state index contributed by atoms with van der Waals surface area (Å²) in [4.78, 5) is 12.1. The quantitative estimate of drug-likeness (QED) is 0.778. The summed E-state index contributed by atoms with van der Waals surface area (Å²) in [5.74, 6) is -0.567. The van der Waals surface area contributed by atoms with Crippen LogP contribution in [-0.2, 0) is 6.18 Å². The highest BCUT2D eigenvalue weighted by atomic mass is 19.4. The van der Waals surface area contributed by atoms with Gasteiger partial charge in [0.1, 0.15) is 5.69 Å². The van der Waals surface area contributed by atoms with E-state index in [9.17, 15) is 18.0 Å². The van der Waals surface area contributed by atoms with Gasteiger partial charge in [0.2, 0.25) is 0 Å². The fraction of sp³-hybridized carbons (Fsp3) is 0.692. The van der Waals surface area contributed by atoms with Crippen molar-refractivity contribution in [3.8, 4) is 0 Å². The average Bonchev–Trinajstić information content (AvgIpc) is 2.67. The molecule has 5 nitrogen and oxygen atoms in total. The van der Waals surface area contributed by atoms with Crippen LogP contribution in [0.25, 0.3) is 0 Å². The molecule has 8 heteroatoms. The minimum Gasteiger partial charge on any atom is -0.347 e. The van der Waals surface area contributed by atoms with Crippen molar-refractivity contribution in [1.29, 1.82) is 0 Å². The Morgan fingerprint density at radius 3 is 2.57 bits per heavy atom. The molecule has 0 bridgehead atoms. The van der Waals surface area contributed by atoms with Crippen LogP contribution in [0.2, 0.25) is 0 Å². The molecule has 0 saturated heterocycles. The number of hydrogen-bond donors (Lipinski definition) is 3. The number of nitrogens with one attached hydrogen (secondary N) is 2. The lowest BCUT2D eigenvalue weighted by atomic mass is 9.50. The van der Waals surface area contributed by atoms with Crippen LogP contribution in [0.15, 0.2) is 0 Å². The maximum Gasteiger partial charge on any atom is 0.433 e. The second-order valence-corrected chi connectivity index (χ2v) is 6.02. The first kappa shape index (κ1) is 14.4. The highest BCUT2D eigenvalue weighted by Gasteiger charge is 2.57. The number of alkyl halides is 3. The Kier molecular flexibility index (Phi) is 3.05. The predicted molar refractivity (Wildman–Crippen MR) is 68.5 cm³/mol. The van der Waals surface area contributed by atoms with Gasteiger partial charge in [0, 0.05) is 23.1 Å². The van der Waals surface area contributed by atoms with Crippen molar-refractivity contribution < 1.29 is 18.0 Å². The number of carbonyl (C=O) groups is 1. The minimum absolute atomic E-state index is 0.0489. The van der Waals surface area contributed by atoms with Crippen LogP contribution in [0.1, 0.15) is 47.4 Å². The first-order valence-corrected chi connectivity index (χ1v) is 6.94. The van der Waals surface area contributed by atoms with Crippen LogP contribution < -0.4 is 11.1 Å². The number of carbonyl (C=O) groups excluding carboxylic acids is 1. The molecule has 1 heterocycles. The lowest BCUT2D eigenvalue weighted by Crippen LogP contribution is -2.69. The standard InChI is InChI=1S/C13H17F3N4O/c1-6-9(19-20-10(6)13(14,15)16)11(21)18-8-5-7(17)12(8)3-2-4-12/h7-8H,2-5,17H2,1H3,(H,18,21)(H,19,20). The molecule has 1 aromatic heterocycles. The lowest BCUT2D eigenvalue weighted by Gasteiger charge is -2.60. The number of rotatable bonds is 2. The van der Waals surface area contributed by atoms with Crippen molar-refractivity contribution in [1.82, 2.24) is 15.5 Å². The zero-order chi connectivity index (χ0) is 15.4. The summed E-state index contributed by atoms with van der Waals surface area (Å²) in [7, 11) is 0. The predicted octanol–water partition coefficient (Wildman–Crippen LogP) is 1.74. The number of halogens is 3. The molecule has 2 aliphatic rings. The molecule has 21 heavy (non-hydrogen) atoms. The zero-order valence-corrected chi connectivity index (χ0v) is 11.5. The van der Waals surface area contributed by atoms with Gasteiger partial charge < -0.3 is 11.1 Å². The average molecular weight is 302 g/mol. The largest absolute Gasteiger partial charge is 0.433 e. The van der Waals surface area contributed by atoms with E-state index >= 15 is 0 Å². The zero-order valence-electron chi connectivity index (χ0n) is 11.5. The second-order valence-electron chi connectivity index (χ2n) is 6.02. The molecule has 0 aliphatic heterocycles. The van der Waals surface area contributed by atoms with Crippen molar-refractivity contribution in [3.05, 3.63) is 17.0 Å². The number of aromatic amines is 1. The van der Waals surface area contributed by atoms with E-state index in [4.69, 9.17) is 5.73 Å². The summed E-state index contributed by atoms with van der Waals surface area (Å²) in [6.45, 7) is 1.24. The summed E-state index contributed by atoms with van der Waals surface area (Å²) >= 11 is 0. The summed E-state index contributed by atoms with van der Waals surface area (Å²) in [6.07, 6.45) is -0.858. The van der Waals surface area contributed by atoms with E-state index in [0.29, 0.717) is 6.42 Å². The number of nitrogens with two attached hydrogens (primary N) is 1. The van der Waals surface area contributed by atoms with Crippen LogP contribution in [-0.4, -0.2) is 28.2 Å². The molecule has 3 rings (SSSR count). The second kappa shape index (κ2) is 4.46. The smallest absolute Gasteiger partial charge is 0.347 e. The van der Waals surface area contributed by atoms with Gasteiger partial charge in [-0.3, -0.25) is 9.89 Å². The fourth-order valence-electron chi connectivity index (χ4n) is 3.45. The van der Waals surface area contributed by atoms with E-state index < -0.39 is 17.8 Å². The van der Waals surface area contributed by atoms with Gasteiger partial charge in [-0.1, -0.05) is 6.42 Å².